The minimum absolute atomic E-state index is 0.358. The maximum Gasteiger partial charge on any atom is 0.337 e. The summed E-state index contributed by atoms with van der Waals surface area (Å²) >= 11 is 0. The molecule has 0 unspecified atom stereocenters. The van der Waals surface area contributed by atoms with Crippen molar-refractivity contribution in [2.75, 3.05) is 25.5 Å². The minimum Gasteiger partial charge on any atom is -0.465 e. The molecule has 1 heterocycles. The number of benzene rings is 1. The first-order valence-corrected chi connectivity index (χ1v) is 6.28. The zero-order chi connectivity index (χ0) is 13.7. The van der Waals surface area contributed by atoms with Crippen LogP contribution in [-0.2, 0) is 4.74 Å². The Kier molecular flexibility index (Phi) is 4.03. The van der Waals surface area contributed by atoms with E-state index in [1.165, 1.54) is 7.11 Å². The predicted octanol–water partition coefficient (Wildman–Crippen LogP) is 1.53. The fourth-order valence-electron chi connectivity index (χ4n) is 2.20. The van der Waals surface area contributed by atoms with Gasteiger partial charge in [0.25, 0.3) is 0 Å². The Balaban J connectivity index is 2.10. The summed E-state index contributed by atoms with van der Waals surface area (Å²) in [5.74, 6) is -0.358. The molecule has 0 aromatic heterocycles. The molecular formula is C14H17N3O2. The highest BCUT2D eigenvalue weighted by atomic mass is 16.5. The van der Waals surface area contributed by atoms with Gasteiger partial charge in [0.15, 0.2) is 0 Å². The lowest BCUT2D eigenvalue weighted by atomic mass is 9.89. The maximum absolute atomic E-state index is 11.3. The van der Waals surface area contributed by atoms with Crippen molar-refractivity contribution in [3.05, 3.63) is 29.8 Å². The third-order valence-corrected chi connectivity index (χ3v) is 3.36. The van der Waals surface area contributed by atoms with Crippen molar-refractivity contribution in [3.8, 4) is 6.07 Å². The Labute approximate surface area is 112 Å². The van der Waals surface area contributed by atoms with Crippen molar-refractivity contribution >= 4 is 11.7 Å². The van der Waals surface area contributed by atoms with Crippen LogP contribution in [0.25, 0.3) is 0 Å². The normalized spacial score (nSPS) is 17.3. The Hall–Kier alpha value is -2.06. The van der Waals surface area contributed by atoms with Gasteiger partial charge in [0, 0.05) is 5.69 Å². The highest BCUT2D eigenvalue weighted by Gasteiger charge is 2.31. The highest BCUT2D eigenvalue weighted by Crippen LogP contribution is 2.24. The van der Waals surface area contributed by atoms with Crippen LogP contribution in [0.1, 0.15) is 23.2 Å². The van der Waals surface area contributed by atoms with Crippen LogP contribution in [0.3, 0.4) is 0 Å². The fourth-order valence-corrected chi connectivity index (χ4v) is 2.20. The lowest BCUT2D eigenvalue weighted by Gasteiger charge is -2.33. The number of esters is 1. The first-order chi connectivity index (χ1) is 9.19. The van der Waals surface area contributed by atoms with Crippen LogP contribution in [-0.4, -0.2) is 31.7 Å². The quantitative estimate of drug-likeness (QED) is 0.805. The summed E-state index contributed by atoms with van der Waals surface area (Å²) in [6, 6.07) is 9.36. The number of nitrogens with zero attached hydrogens (tertiary/aromatic N) is 1. The molecule has 0 amide bonds. The first-order valence-electron chi connectivity index (χ1n) is 6.28. The van der Waals surface area contributed by atoms with Gasteiger partial charge in [0.05, 0.1) is 18.7 Å². The molecule has 1 aromatic carbocycles. The summed E-state index contributed by atoms with van der Waals surface area (Å²) in [7, 11) is 1.36. The van der Waals surface area contributed by atoms with Crippen molar-refractivity contribution in [1.29, 1.82) is 5.26 Å². The molecule has 2 rings (SSSR count). The summed E-state index contributed by atoms with van der Waals surface area (Å²) in [6.07, 6.45) is 1.53. The lowest BCUT2D eigenvalue weighted by Crippen LogP contribution is -2.46. The Bertz CT molecular complexity index is 484. The number of hydrogen-bond donors (Lipinski definition) is 2. The van der Waals surface area contributed by atoms with Gasteiger partial charge in [-0.1, -0.05) is 0 Å². The van der Waals surface area contributed by atoms with E-state index in [9.17, 15) is 10.1 Å². The molecule has 5 heteroatoms. The van der Waals surface area contributed by atoms with E-state index in [2.05, 4.69) is 21.4 Å². The van der Waals surface area contributed by atoms with Crippen LogP contribution < -0.4 is 10.6 Å². The molecule has 0 radical (unpaired) electrons. The molecule has 1 saturated heterocycles. The average molecular weight is 259 g/mol. The van der Waals surface area contributed by atoms with Crippen LogP contribution in [0, 0.1) is 11.3 Å². The van der Waals surface area contributed by atoms with E-state index in [1.54, 1.807) is 24.3 Å². The smallest absolute Gasteiger partial charge is 0.337 e. The number of carbonyl (C=O) groups is 1. The molecule has 0 saturated carbocycles. The molecule has 1 fully saturated rings. The van der Waals surface area contributed by atoms with Crippen molar-refractivity contribution in [2.45, 2.75) is 18.4 Å². The molecule has 5 nitrogen and oxygen atoms in total. The van der Waals surface area contributed by atoms with Gasteiger partial charge in [-0.15, -0.1) is 0 Å². The van der Waals surface area contributed by atoms with Crippen LogP contribution in [0.15, 0.2) is 24.3 Å². The first kappa shape index (κ1) is 13.4. The van der Waals surface area contributed by atoms with Gasteiger partial charge < -0.3 is 15.4 Å². The van der Waals surface area contributed by atoms with E-state index in [-0.39, 0.29) is 5.97 Å². The van der Waals surface area contributed by atoms with Gasteiger partial charge in [0.1, 0.15) is 5.54 Å². The van der Waals surface area contributed by atoms with Gasteiger partial charge in [-0.05, 0) is 50.2 Å². The Morgan fingerprint density at radius 3 is 2.53 bits per heavy atom. The molecule has 0 aliphatic carbocycles. The molecule has 100 valence electrons. The molecule has 0 bridgehead atoms. The Morgan fingerprint density at radius 1 is 1.37 bits per heavy atom. The molecule has 1 aliphatic heterocycles. The zero-order valence-electron chi connectivity index (χ0n) is 10.9. The number of piperidine rings is 1. The highest BCUT2D eigenvalue weighted by molar-refractivity contribution is 5.89. The number of hydrogen-bond acceptors (Lipinski definition) is 5. The second kappa shape index (κ2) is 5.72. The second-order valence-corrected chi connectivity index (χ2v) is 4.64. The number of carbonyl (C=O) groups excluding carboxylic acids is 1. The number of nitrogens with one attached hydrogen (secondary N) is 2. The third kappa shape index (κ3) is 3.04. The summed E-state index contributed by atoms with van der Waals surface area (Å²) in [5.41, 5.74) is 0.832. The van der Waals surface area contributed by atoms with Gasteiger partial charge in [0.2, 0.25) is 0 Å². The topological polar surface area (TPSA) is 74.1 Å². The van der Waals surface area contributed by atoms with E-state index < -0.39 is 5.54 Å². The summed E-state index contributed by atoms with van der Waals surface area (Å²) in [6.45, 7) is 1.67. The number of anilines is 1. The Morgan fingerprint density at radius 2 is 2.00 bits per heavy atom. The number of ether oxygens (including phenoxy) is 1. The van der Waals surface area contributed by atoms with Gasteiger partial charge >= 0.3 is 5.97 Å². The van der Waals surface area contributed by atoms with E-state index in [0.717, 1.165) is 31.6 Å². The van der Waals surface area contributed by atoms with Crippen LogP contribution >= 0.6 is 0 Å². The van der Waals surface area contributed by atoms with Gasteiger partial charge in [-0.3, -0.25) is 0 Å². The molecule has 19 heavy (non-hydrogen) atoms. The molecule has 2 N–H and O–H groups in total. The van der Waals surface area contributed by atoms with E-state index in [1.807, 2.05) is 0 Å². The zero-order valence-corrected chi connectivity index (χ0v) is 10.9. The van der Waals surface area contributed by atoms with E-state index in [4.69, 9.17) is 0 Å². The van der Waals surface area contributed by atoms with E-state index in [0.29, 0.717) is 5.56 Å². The largest absolute Gasteiger partial charge is 0.465 e. The summed E-state index contributed by atoms with van der Waals surface area (Å²) in [4.78, 5) is 11.3. The van der Waals surface area contributed by atoms with Gasteiger partial charge in [-0.25, -0.2) is 4.79 Å². The molecular weight excluding hydrogens is 242 g/mol. The van der Waals surface area contributed by atoms with Crippen LogP contribution in [0.5, 0.6) is 0 Å². The van der Waals surface area contributed by atoms with Gasteiger partial charge in [-0.2, -0.15) is 5.26 Å². The van der Waals surface area contributed by atoms with E-state index >= 15 is 0 Å². The SMILES string of the molecule is COC(=O)c1ccc(NC2(C#N)CCNCC2)cc1. The van der Waals surface area contributed by atoms with Crippen molar-refractivity contribution in [1.82, 2.24) is 5.32 Å². The molecule has 0 spiro atoms. The maximum atomic E-state index is 11.3. The predicted molar refractivity (Wildman–Crippen MR) is 71.9 cm³/mol. The number of methoxy groups -OCH3 is 1. The lowest BCUT2D eigenvalue weighted by molar-refractivity contribution is 0.0601. The monoisotopic (exact) mass is 259 g/mol. The number of nitriles is 1. The minimum atomic E-state index is -0.516. The molecule has 1 aliphatic rings. The third-order valence-electron chi connectivity index (χ3n) is 3.36. The molecule has 1 aromatic rings. The average Bonchev–Trinajstić information content (AvgIpc) is 2.48. The van der Waals surface area contributed by atoms with Crippen molar-refractivity contribution in [2.24, 2.45) is 0 Å². The van der Waals surface area contributed by atoms with Crippen LogP contribution in [0.4, 0.5) is 5.69 Å². The van der Waals surface area contributed by atoms with Crippen LogP contribution in [0.2, 0.25) is 0 Å². The second-order valence-electron chi connectivity index (χ2n) is 4.64. The standard InChI is InChI=1S/C14H17N3O2/c1-19-13(18)11-2-4-12(5-3-11)17-14(10-15)6-8-16-9-7-14/h2-5,16-17H,6-9H2,1H3. The van der Waals surface area contributed by atoms with Crippen molar-refractivity contribution in [3.63, 3.8) is 0 Å². The number of rotatable bonds is 3. The fraction of sp³-hybridized carbons (Fsp3) is 0.429. The summed E-state index contributed by atoms with van der Waals surface area (Å²) < 4.78 is 4.65. The van der Waals surface area contributed by atoms with Crippen molar-refractivity contribution < 1.29 is 9.53 Å². The summed E-state index contributed by atoms with van der Waals surface area (Å²) in [5, 5.41) is 15.9. The molecule has 0 atom stereocenters.